The molecule has 5 heteroatoms. The number of hydrogen-bond donors (Lipinski definition) is 1. The smallest absolute Gasteiger partial charge is 0.0684 e. The standard InChI is InChI=1S/C14H13Br2ClN2/c1-9(11-4-2-3-5-13(11)17)18-8-14-12(16)6-10(15)7-19-14/h2-7,9,18H,8H2,1H3. The van der Waals surface area contributed by atoms with Crippen molar-refractivity contribution in [2.24, 2.45) is 0 Å². The fraction of sp³-hybridized carbons (Fsp3) is 0.214. The Morgan fingerprint density at radius 1 is 1.32 bits per heavy atom. The Hall–Kier alpha value is -0.420. The van der Waals surface area contributed by atoms with E-state index < -0.39 is 0 Å². The molecule has 1 aromatic heterocycles. The fourth-order valence-electron chi connectivity index (χ4n) is 1.76. The molecule has 0 radical (unpaired) electrons. The van der Waals surface area contributed by atoms with Crippen LogP contribution in [-0.4, -0.2) is 4.98 Å². The Kier molecular flexibility index (Phi) is 5.39. The second-order valence-electron chi connectivity index (χ2n) is 4.21. The normalized spacial score (nSPS) is 12.4. The van der Waals surface area contributed by atoms with Crippen LogP contribution in [0.5, 0.6) is 0 Å². The monoisotopic (exact) mass is 402 g/mol. The topological polar surface area (TPSA) is 24.9 Å². The van der Waals surface area contributed by atoms with E-state index in [9.17, 15) is 0 Å². The number of benzene rings is 1. The van der Waals surface area contributed by atoms with E-state index in [1.165, 1.54) is 0 Å². The first-order valence-electron chi connectivity index (χ1n) is 5.85. The molecule has 0 spiro atoms. The number of nitrogens with zero attached hydrogens (tertiary/aromatic N) is 1. The molecule has 0 aliphatic carbocycles. The van der Waals surface area contributed by atoms with Gasteiger partial charge in [0.25, 0.3) is 0 Å². The molecule has 1 N–H and O–H groups in total. The van der Waals surface area contributed by atoms with Crippen LogP contribution in [0.1, 0.15) is 24.2 Å². The van der Waals surface area contributed by atoms with Gasteiger partial charge in [-0.1, -0.05) is 29.8 Å². The average Bonchev–Trinajstić information content (AvgIpc) is 2.38. The van der Waals surface area contributed by atoms with Gasteiger partial charge >= 0.3 is 0 Å². The Bertz CT molecular complexity index is 575. The van der Waals surface area contributed by atoms with Gasteiger partial charge in [-0.25, -0.2) is 0 Å². The van der Waals surface area contributed by atoms with Crippen LogP contribution in [0.25, 0.3) is 0 Å². The first kappa shape index (κ1) is 15.0. The van der Waals surface area contributed by atoms with Crippen molar-refractivity contribution >= 4 is 43.5 Å². The van der Waals surface area contributed by atoms with E-state index in [1.807, 2.05) is 30.3 Å². The molecule has 2 rings (SSSR count). The van der Waals surface area contributed by atoms with Gasteiger partial charge in [-0.3, -0.25) is 4.98 Å². The first-order chi connectivity index (χ1) is 9.08. The zero-order chi connectivity index (χ0) is 13.8. The fourth-order valence-corrected chi connectivity index (χ4v) is 3.19. The number of hydrogen-bond acceptors (Lipinski definition) is 2. The lowest BCUT2D eigenvalue weighted by atomic mass is 10.1. The maximum atomic E-state index is 6.18. The van der Waals surface area contributed by atoms with Crippen LogP contribution in [0.4, 0.5) is 0 Å². The van der Waals surface area contributed by atoms with Gasteiger partial charge in [-0.15, -0.1) is 0 Å². The van der Waals surface area contributed by atoms with Crippen molar-refractivity contribution in [3.8, 4) is 0 Å². The Balaban J connectivity index is 2.04. The van der Waals surface area contributed by atoms with Gasteiger partial charge < -0.3 is 5.32 Å². The zero-order valence-corrected chi connectivity index (χ0v) is 14.3. The minimum Gasteiger partial charge on any atom is -0.304 e. The second-order valence-corrected chi connectivity index (χ2v) is 6.38. The highest BCUT2D eigenvalue weighted by Crippen LogP contribution is 2.24. The molecule has 0 aliphatic heterocycles. The third-order valence-corrected chi connectivity index (χ3v) is 4.30. The summed E-state index contributed by atoms with van der Waals surface area (Å²) in [6, 6.07) is 10.0. The summed E-state index contributed by atoms with van der Waals surface area (Å²) in [6.07, 6.45) is 1.79. The van der Waals surface area contributed by atoms with Gasteiger partial charge in [-0.2, -0.15) is 0 Å². The molecule has 0 amide bonds. The summed E-state index contributed by atoms with van der Waals surface area (Å²) in [5.74, 6) is 0. The molecule has 100 valence electrons. The zero-order valence-electron chi connectivity index (χ0n) is 10.3. The number of aromatic nitrogens is 1. The summed E-state index contributed by atoms with van der Waals surface area (Å²) in [5, 5.41) is 4.21. The van der Waals surface area contributed by atoms with Crippen molar-refractivity contribution in [1.82, 2.24) is 10.3 Å². The highest BCUT2D eigenvalue weighted by atomic mass is 79.9. The number of rotatable bonds is 4. The molecule has 0 saturated carbocycles. The van der Waals surface area contributed by atoms with Crippen molar-refractivity contribution < 1.29 is 0 Å². The lowest BCUT2D eigenvalue weighted by Gasteiger charge is -2.16. The van der Waals surface area contributed by atoms with E-state index in [4.69, 9.17) is 11.6 Å². The molecule has 1 heterocycles. The first-order valence-corrected chi connectivity index (χ1v) is 7.82. The Morgan fingerprint density at radius 3 is 2.74 bits per heavy atom. The number of halogens is 3. The molecule has 19 heavy (non-hydrogen) atoms. The summed E-state index contributed by atoms with van der Waals surface area (Å²) in [5.41, 5.74) is 2.07. The van der Waals surface area contributed by atoms with Crippen molar-refractivity contribution in [2.75, 3.05) is 0 Å². The quantitative estimate of drug-likeness (QED) is 0.766. The van der Waals surface area contributed by atoms with Crippen LogP contribution in [0.15, 0.2) is 45.5 Å². The number of nitrogens with one attached hydrogen (secondary N) is 1. The number of pyridine rings is 1. The minimum absolute atomic E-state index is 0.172. The molecule has 1 atom stereocenters. The molecule has 0 fully saturated rings. The molecule has 2 nitrogen and oxygen atoms in total. The Morgan fingerprint density at radius 2 is 2.05 bits per heavy atom. The molecule has 1 unspecified atom stereocenters. The van der Waals surface area contributed by atoms with Crippen LogP contribution >= 0.6 is 43.5 Å². The molecule has 0 bridgehead atoms. The van der Waals surface area contributed by atoms with Gasteiger partial charge in [0.15, 0.2) is 0 Å². The molecular formula is C14H13Br2ClN2. The molecule has 2 aromatic rings. The van der Waals surface area contributed by atoms with Gasteiger partial charge in [0.2, 0.25) is 0 Å². The van der Waals surface area contributed by atoms with E-state index in [-0.39, 0.29) is 6.04 Å². The summed E-state index contributed by atoms with van der Waals surface area (Å²) >= 11 is 13.1. The van der Waals surface area contributed by atoms with Gasteiger partial charge in [0.05, 0.1) is 5.69 Å². The van der Waals surface area contributed by atoms with E-state index in [0.717, 1.165) is 25.2 Å². The van der Waals surface area contributed by atoms with Crippen molar-refractivity contribution in [2.45, 2.75) is 19.5 Å². The van der Waals surface area contributed by atoms with Crippen molar-refractivity contribution in [1.29, 1.82) is 0 Å². The molecule has 0 saturated heterocycles. The SMILES string of the molecule is CC(NCc1ncc(Br)cc1Br)c1ccccc1Cl. The second kappa shape index (κ2) is 6.84. The summed E-state index contributed by atoms with van der Waals surface area (Å²) < 4.78 is 1.95. The predicted molar refractivity (Wildman–Crippen MR) is 86.3 cm³/mol. The van der Waals surface area contributed by atoms with E-state index in [0.29, 0.717) is 6.54 Å². The van der Waals surface area contributed by atoms with Crippen LogP contribution in [0.2, 0.25) is 5.02 Å². The summed E-state index contributed by atoms with van der Waals surface area (Å²) in [4.78, 5) is 4.38. The van der Waals surface area contributed by atoms with Gasteiger partial charge in [0, 0.05) is 32.8 Å². The van der Waals surface area contributed by atoms with Crippen LogP contribution in [0, 0.1) is 0 Å². The van der Waals surface area contributed by atoms with E-state index >= 15 is 0 Å². The van der Waals surface area contributed by atoms with E-state index in [2.05, 4.69) is 49.1 Å². The highest BCUT2D eigenvalue weighted by Gasteiger charge is 2.10. The Labute approximate surface area is 134 Å². The third kappa shape index (κ3) is 4.02. The van der Waals surface area contributed by atoms with Gasteiger partial charge in [-0.05, 0) is 56.5 Å². The van der Waals surface area contributed by atoms with Crippen molar-refractivity contribution in [3.05, 3.63) is 61.8 Å². The van der Waals surface area contributed by atoms with Crippen LogP contribution in [0.3, 0.4) is 0 Å². The maximum absolute atomic E-state index is 6.18. The minimum atomic E-state index is 0.172. The highest BCUT2D eigenvalue weighted by molar-refractivity contribution is 9.11. The van der Waals surface area contributed by atoms with Crippen molar-refractivity contribution in [3.63, 3.8) is 0 Å². The molecular weight excluding hydrogens is 391 g/mol. The summed E-state index contributed by atoms with van der Waals surface area (Å²) in [6.45, 7) is 2.77. The van der Waals surface area contributed by atoms with E-state index in [1.54, 1.807) is 6.20 Å². The molecule has 1 aromatic carbocycles. The molecule has 0 aliphatic rings. The summed E-state index contributed by atoms with van der Waals surface area (Å²) in [7, 11) is 0. The third-order valence-electron chi connectivity index (χ3n) is 2.83. The van der Waals surface area contributed by atoms with Crippen LogP contribution < -0.4 is 5.32 Å². The predicted octanol–water partition coefficient (Wildman–Crippen LogP) is 5.11. The average molecular weight is 405 g/mol. The van der Waals surface area contributed by atoms with Crippen LogP contribution in [-0.2, 0) is 6.54 Å². The van der Waals surface area contributed by atoms with Gasteiger partial charge in [0.1, 0.15) is 0 Å². The lowest BCUT2D eigenvalue weighted by molar-refractivity contribution is 0.566. The largest absolute Gasteiger partial charge is 0.304 e. The lowest BCUT2D eigenvalue weighted by Crippen LogP contribution is -2.19. The maximum Gasteiger partial charge on any atom is 0.0684 e.